The van der Waals surface area contributed by atoms with Gasteiger partial charge in [-0.15, -0.1) is 0 Å². The molecule has 1 fully saturated rings. The molecule has 0 aliphatic heterocycles. The SMILES string of the molecule is NC(Cc1ccccc1)C(=O)Nc1ccc(OC2CCCCC2O)cc1. The maximum Gasteiger partial charge on any atom is 0.241 e. The van der Waals surface area contributed by atoms with Crippen LogP contribution in [0.1, 0.15) is 31.2 Å². The topological polar surface area (TPSA) is 84.6 Å². The summed E-state index contributed by atoms with van der Waals surface area (Å²) >= 11 is 0. The van der Waals surface area contributed by atoms with E-state index < -0.39 is 12.1 Å². The van der Waals surface area contributed by atoms with Crippen molar-refractivity contribution in [1.82, 2.24) is 0 Å². The van der Waals surface area contributed by atoms with Crippen LogP contribution in [0.4, 0.5) is 5.69 Å². The van der Waals surface area contributed by atoms with Gasteiger partial charge in [-0.3, -0.25) is 4.79 Å². The first-order valence-electron chi connectivity index (χ1n) is 9.17. The van der Waals surface area contributed by atoms with Gasteiger partial charge in [0.1, 0.15) is 11.9 Å². The minimum atomic E-state index is -0.606. The van der Waals surface area contributed by atoms with E-state index in [2.05, 4.69) is 5.32 Å². The number of nitrogens with one attached hydrogen (secondary N) is 1. The second kappa shape index (κ2) is 8.83. The van der Waals surface area contributed by atoms with Crippen molar-refractivity contribution in [3.8, 4) is 5.75 Å². The van der Waals surface area contributed by atoms with Gasteiger partial charge >= 0.3 is 0 Å². The van der Waals surface area contributed by atoms with E-state index in [0.29, 0.717) is 17.9 Å². The molecule has 5 heteroatoms. The Morgan fingerprint density at radius 2 is 1.81 bits per heavy atom. The molecular formula is C21H26N2O3. The summed E-state index contributed by atoms with van der Waals surface area (Å²) in [4.78, 5) is 12.3. The normalized spacial score (nSPS) is 21.0. The minimum absolute atomic E-state index is 0.150. The highest BCUT2D eigenvalue weighted by Crippen LogP contribution is 2.25. The first-order valence-corrected chi connectivity index (χ1v) is 9.17. The molecule has 1 aliphatic rings. The molecule has 1 aliphatic carbocycles. The van der Waals surface area contributed by atoms with Crippen LogP contribution in [0.2, 0.25) is 0 Å². The molecule has 138 valence electrons. The number of nitrogens with two attached hydrogens (primary N) is 1. The molecule has 3 unspecified atom stereocenters. The number of amides is 1. The number of hydrogen-bond acceptors (Lipinski definition) is 4. The molecule has 4 N–H and O–H groups in total. The summed E-state index contributed by atoms with van der Waals surface area (Å²) in [5, 5.41) is 12.8. The molecule has 2 aromatic carbocycles. The van der Waals surface area contributed by atoms with Crippen LogP contribution >= 0.6 is 0 Å². The quantitative estimate of drug-likeness (QED) is 0.745. The summed E-state index contributed by atoms with van der Waals surface area (Å²) in [6.45, 7) is 0. The van der Waals surface area contributed by atoms with Crippen LogP contribution in [0.25, 0.3) is 0 Å². The number of aliphatic hydroxyl groups excluding tert-OH is 1. The second-order valence-electron chi connectivity index (χ2n) is 6.82. The lowest BCUT2D eigenvalue weighted by Crippen LogP contribution is -2.37. The van der Waals surface area contributed by atoms with E-state index >= 15 is 0 Å². The third-order valence-corrected chi connectivity index (χ3v) is 4.71. The molecule has 0 bridgehead atoms. The summed E-state index contributed by atoms with van der Waals surface area (Å²) in [5.74, 6) is 0.479. The number of carbonyl (C=O) groups is 1. The highest BCUT2D eigenvalue weighted by Gasteiger charge is 2.24. The van der Waals surface area contributed by atoms with Crippen molar-refractivity contribution in [2.45, 2.75) is 50.4 Å². The Hall–Kier alpha value is -2.37. The summed E-state index contributed by atoms with van der Waals surface area (Å²) in [6, 6.07) is 16.3. The molecular weight excluding hydrogens is 328 g/mol. The summed E-state index contributed by atoms with van der Waals surface area (Å²) in [5.41, 5.74) is 7.71. The van der Waals surface area contributed by atoms with Crippen molar-refractivity contribution in [3.05, 3.63) is 60.2 Å². The van der Waals surface area contributed by atoms with Gasteiger partial charge in [0.15, 0.2) is 0 Å². The zero-order chi connectivity index (χ0) is 18.4. The van der Waals surface area contributed by atoms with E-state index in [1.54, 1.807) is 24.3 Å². The molecule has 1 saturated carbocycles. The molecule has 1 amide bonds. The number of rotatable bonds is 6. The summed E-state index contributed by atoms with van der Waals surface area (Å²) < 4.78 is 5.87. The fourth-order valence-corrected chi connectivity index (χ4v) is 3.20. The smallest absolute Gasteiger partial charge is 0.241 e. The van der Waals surface area contributed by atoms with Crippen LogP contribution in [-0.2, 0) is 11.2 Å². The lowest BCUT2D eigenvalue weighted by Gasteiger charge is -2.28. The Balaban J connectivity index is 1.52. The van der Waals surface area contributed by atoms with Gasteiger partial charge in [0.25, 0.3) is 0 Å². The van der Waals surface area contributed by atoms with E-state index in [0.717, 1.165) is 31.2 Å². The van der Waals surface area contributed by atoms with Gasteiger partial charge in [-0.1, -0.05) is 36.8 Å². The molecule has 0 radical (unpaired) electrons. The van der Waals surface area contributed by atoms with Crippen LogP contribution in [0.15, 0.2) is 54.6 Å². The highest BCUT2D eigenvalue weighted by molar-refractivity contribution is 5.94. The van der Waals surface area contributed by atoms with E-state index in [9.17, 15) is 9.90 Å². The Morgan fingerprint density at radius 1 is 1.12 bits per heavy atom. The molecule has 2 aromatic rings. The van der Waals surface area contributed by atoms with Crippen molar-refractivity contribution in [2.24, 2.45) is 5.73 Å². The number of carbonyl (C=O) groups excluding carboxylic acids is 1. The van der Waals surface area contributed by atoms with E-state index in [1.807, 2.05) is 30.3 Å². The fourth-order valence-electron chi connectivity index (χ4n) is 3.20. The van der Waals surface area contributed by atoms with Crippen molar-refractivity contribution in [3.63, 3.8) is 0 Å². The number of ether oxygens (including phenoxy) is 1. The monoisotopic (exact) mass is 354 g/mol. The van der Waals surface area contributed by atoms with Gasteiger partial charge in [0, 0.05) is 5.69 Å². The first kappa shape index (κ1) is 18.4. The number of benzene rings is 2. The van der Waals surface area contributed by atoms with Crippen LogP contribution in [0.3, 0.4) is 0 Å². The minimum Gasteiger partial charge on any atom is -0.488 e. The molecule has 0 saturated heterocycles. The van der Waals surface area contributed by atoms with Crippen molar-refractivity contribution in [1.29, 1.82) is 0 Å². The predicted molar refractivity (Wildman–Crippen MR) is 102 cm³/mol. The van der Waals surface area contributed by atoms with Gasteiger partial charge in [0.05, 0.1) is 12.1 Å². The van der Waals surface area contributed by atoms with Crippen molar-refractivity contribution < 1.29 is 14.6 Å². The lowest BCUT2D eigenvalue weighted by atomic mass is 9.95. The van der Waals surface area contributed by atoms with Crippen molar-refractivity contribution >= 4 is 11.6 Å². The second-order valence-corrected chi connectivity index (χ2v) is 6.82. The van der Waals surface area contributed by atoms with Gasteiger partial charge in [-0.25, -0.2) is 0 Å². The molecule has 26 heavy (non-hydrogen) atoms. The lowest BCUT2D eigenvalue weighted by molar-refractivity contribution is -0.117. The van der Waals surface area contributed by atoms with Gasteiger partial charge in [-0.05, 0) is 55.5 Å². The van der Waals surface area contributed by atoms with Crippen molar-refractivity contribution in [2.75, 3.05) is 5.32 Å². The Labute approximate surface area is 154 Å². The van der Waals surface area contributed by atoms with Gasteiger partial charge in [0.2, 0.25) is 5.91 Å². The summed E-state index contributed by atoms with van der Waals surface area (Å²) in [6.07, 6.45) is 3.73. The molecule has 0 heterocycles. The molecule has 5 nitrogen and oxygen atoms in total. The van der Waals surface area contributed by atoms with E-state index in [1.165, 1.54) is 0 Å². The first-order chi connectivity index (χ1) is 12.6. The Morgan fingerprint density at radius 3 is 2.50 bits per heavy atom. The average molecular weight is 354 g/mol. The standard InChI is InChI=1S/C21H26N2O3/c22-18(14-15-6-2-1-3-7-15)21(25)23-16-10-12-17(13-11-16)26-20-9-5-4-8-19(20)24/h1-3,6-7,10-13,18-20,24H,4-5,8-9,14,22H2,(H,23,25). The third-order valence-electron chi connectivity index (χ3n) is 4.71. The number of aliphatic hydroxyl groups is 1. The maximum atomic E-state index is 12.3. The Kier molecular flexibility index (Phi) is 6.26. The zero-order valence-corrected chi connectivity index (χ0v) is 14.8. The number of hydrogen-bond donors (Lipinski definition) is 3. The zero-order valence-electron chi connectivity index (χ0n) is 14.8. The maximum absolute atomic E-state index is 12.3. The summed E-state index contributed by atoms with van der Waals surface area (Å²) in [7, 11) is 0. The van der Waals surface area contributed by atoms with Crippen LogP contribution in [0, 0.1) is 0 Å². The number of anilines is 1. The predicted octanol–water partition coefficient (Wildman–Crippen LogP) is 2.88. The Bertz CT molecular complexity index is 703. The van der Waals surface area contributed by atoms with E-state index in [4.69, 9.17) is 10.5 Å². The highest BCUT2D eigenvalue weighted by atomic mass is 16.5. The van der Waals surface area contributed by atoms with Gasteiger partial charge < -0.3 is 20.9 Å². The molecule has 0 aromatic heterocycles. The third kappa shape index (κ3) is 5.07. The van der Waals surface area contributed by atoms with Crippen LogP contribution in [0.5, 0.6) is 5.75 Å². The van der Waals surface area contributed by atoms with Crippen LogP contribution in [-0.4, -0.2) is 29.3 Å². The van der Waals surface area contributed by atoms with Crippen LogP contribution < -0.4 is 15.8 Å². The van der Waals surface area contributed by atoms with E-state index in [-0.39, 0.29) is 12.0 Å². The largest absolute Gasteiger partial charge is 0.488 e. The van der Waals surface area contributed by atoms with Gasteiger partial charge in [-0.2, -0.15) is 0 Å². The molecule has 3 atom stereocenters. The molecule has 0 spiro atoms. The average Bonchev–Trinajstić information content (AvgIpc) is 2.66. The molecule has 3 rings (SSSR count). The fraction of sp³-hybridized carbons (Fsp3) is 0.381.